The summed E-state index contributed by atoms with van der Waals surface area (Å²) in [5.74, 6) is 0.727. The van der Waals surface area contributed by atoms with Crippen molar-refractivity contribution < 1.29 is 4.79 Å². The maximum Gasteiger partial charge on any atom is 0.224 e. The van der Waals surface area contributed by atoms with Gasteiger partial charge in [0.2, 0.25) is 5.91 Å². The van der Waals surface area contributed by atoms with E-state index in [1.807, 2.05) is 30.3 Å². The average molecular weight is 269 g/mol. The highest BCUT2D eigenvalue weighted by molar-refractivity contribution is 5.85. The van der Waals surface area contributed by atoms with Crippen LogP contribution in [0.1, 0.15) is 18.4 Å². The van der Waals surface area contributed by atoms with Gasteiger partial charge in [0.05, 0.1) is 6.42 Å². The summed E-state index contributed by atoms with van der Waals surface area (Å²) in [6.07, 6.45) is 2.93. The van der Waals surface area contributed by atoms with Crippen LogP contribution in [-0.2, 0) is 11.2 Å². The molecule has 3 nitrogen and oxygen atoms in total. The molecule has 1 atom stereocenters. The van der Waals surface area contributed by atoms with Crippen LogP contribution < -0.4 is 10.6 Å². The number of amides is 1. The third-order valence-electron chi connectivity index (χ3n) is 3.19. The third kappa shape index (κ3) is 5.07. The quantitative estimate of drug-likeness (QED) is 0.874. The Morgan fingerprint density at radius 1 is 1.33 bits per heavy atom. The molecule has 0 aromatic heterocycles. The zero-order valence-electron chi connectivity index (χ0n) is 10.5. The number of nitrogens with one attached hydrogen (secondary N) is 2. The first-order valence-electron chi connectivity index (χ1n) is 6.36. The Morgan fingerprint density at radius 3 is 2.78 bits per heavy atom. The second kappa shape index (κ2) is 8.11. The largest absolute Gasteiger partial charge is 0.355 e. The summed E-state index contributed by atoms with van der Waals surface area (Å²) in [6.45, 7) is 2.96. The number of hydrogen-bond acceptors (Lipinski definition) is 2. The average Bonchev–Trinajstić information content (AvgIpc) is 2.39. The smallest absolute Gasteiger partial charge is 0.224 e. The summed E-state index contributed by atoms with van der Waals surface area (Å²) in [7, 11) is 0. The SMILES string of the molecule is Cl.O=C(Cc1ccccc1)NC[C@@H]1CCCNC1. The first-order chi connectivity index (χ1) is 8.34. The molecule has 2 rings (SSSR count). The van der Waals surface area contributed by atoms with Crippen LogP contribution in [0.2, 0.25) is 0 Å². The van der Waals surface area contributed by atoms with Gasteiger partial charge in [-0.3, -0.25) is 4.79 Å². The van der Waals surface area contributed by atoms with E-state index in [0.717, 1.165) is 25.2 Å². The molecule has 1 amide bonds. The zero-order valence-corrected chi connectivity index (χ0v) is 11.3. The highest BCUT2D eigenvalue weighted by Crippen LogP contribution is 2.08. The molecule has 2 N–H and O–H groups in total. The van der Waals surface area contributed by atoms with E-state index in [9.17, 15) is 4.79 Å². The number of rotatable bonds is 4. The van der Waals surface area contributed by atoms with Gasteiger partial charge in [0.15, 0.2) is 0 Å². The molecule has 0 radical (unpaired) electrons. The van der Waals surface area contributed by atoms with Crippen molar-refractivity contribution in [3.05, 3.63) is 35.9 Å². The lowest BCUT2D eigenvalue weighted by molar-refractivity contribution is -0.120. The number of carbonyl (C=O) groups is 1. The van der Waals surface area contributed by atoms with Gasteiger partial charge in [0.1, 0.15) is 0 Å². The van der Waals surface area contributed by atoms with Crippen molar-refractivity contribution in [3.63, 3.8) is 0 Å². The van der Waals surface area contributed by atoms with Gasteiger partial charge in [-0.1, -0.05) is 30.3 Å². The van der Waals surface area contributed by atoms with E-state index in [4.69, 9.17) is 0 Å². The number of carbonyl (C=O) groups excluding carboxylic acids is 1. The van der Waals surface area contributed by atoms with E-state index < -0.39 is 0 Å². The topological polar surface area (TPSA) is 41.1 Å². The van der Waals surface area contributed by atoms with Gasteiger partial charge >= 0.3 is 0 Å². The summed E-state index contributed by atoms with van der Waals surface area (Å²) in [6, 6.07) is 9.87. The zero-order chi connectivity index (χ0) is 11.9. The number of hydrogen-bond donors (Lipinski definition) is 2. The van der Waals surface area contributed by atoms with Crippen molar-refractivity contribution in [1.29, 1.82) is 0 Å². The molecule has 1 aliphatic rings. The number of halogens is 1. The van der Waals surface area contributed by atoms with Crippen molar-refractivity contribution in [2.24, 2.45) is 5.92 Å². The molecule has 1 aliphatic heterocycles. The van der Waals surface area contributed by atoms with E-state index >= 15 is 0 Å². The summed E-state index contributed by atoms with van der Waals surface area (Å²) < 4.78 is 0. The summed E-state index contributed by atoms with van der Waals surface area (Å²) in [5, 5.41) is 6.38. The van der Waals surface area contributed by atoms with Crippen molar-refractivity contribution in [1.82, 2.24) is 10.6 Å². The van der Waals surface area contributed by atoms with Gasteiger partial charge in [-0.05, 0) is 37.4 Å². The van der Waals surface area contributed by atoms with Crippen molar-refractivity contribution in [2.75, 3.05) is 19.6 Å². The highest BCUT2D eigenvalue weighted by Gasteiger charge is 2.13. The van der Waals surface area contributed by atoms with E-state index in [-0.39, 0.29) is 18.3 Å². The van der Waals surface area contributed by atoms with Crippen molar-refractivity contribution >= 4 is 18.3 Å². The van der Waals surface area contributed by atoms with E-state index in [1.165, 1.54) is 12.8 Å². The third-order valence-corrected chi connectivity index (χ3v) is 3.19. The first-order valence-corrected chi connectivity index (χ1v) is 6.36. The van der Waals surface area contributed by atoms with Gasteiger partial charge in [0, 0.05) is 6.54 Å². The molecule has 0 unspecified atom stereocenters. The van der Waals surface area contributed by atoms with Gasteiger partial charge in [-0.15, -0.1) is 12.4 Å². The normalized spacial score (nSPS) is 18.8. The molecule has 1 heterocycles. The Labute approximate surface area is 115 Å². The molecule has 18 heavy (non-hydrogen) atoms. The molecule has 0 spiro atoms. The lowest BCUT2D eigenvalue weighted by atomic mass is 10.00. The Hall–Kier alpha value is -1.06. The van der Waals surface area contributed by atoms with Gasteiger partial charge < -0.3 is 10.6 Å². The molecule has 1 aromatic rings. The molecule has 100 valence electrons. The molecular weight excluding hydrogens is 248 g/mol. The number of benzene rings is 1. The van der Waals surface area contributed by atoms with Gasteiger partial charge in [-0.25, -0.2) is 0 Å². The minimum atomic E-state index is 0. The fourth-order valence-corrected chi connectivity index (χ4v) is 2.20. The fourth-order valence-electron chi connectivity index (χ4n) is 2.20. The van der Waals surface area contributed by atoms with Crippen LogP contribution in [0.25, 0.3) is 0 Å². The first kappa shape index (κ1) is 15.0. The van der Waals surface area contributed by atoms with Crippen LogP contribution >= 0.6 is 12.4 Å². The summed E-state index contributed by atoms with van der Waals surface area (Å²) >= 11 is 0. The Bertz CT molecular complexity index is 350. The van der Waals surface area contributed by atoms with E-state index in [1.54, 1.807) is 0 Å². The molecule has 0 bridgehead atoms. The summed E-state index contributed by atoms with van der Waals surface area (Å²) in [5.41, 5.74) is 1.08. The van der Waals surface area contributed by atoms with Crippen LogP contribution in [0.3, 0.4) is 0 Å². The molecular formula is C14H21ClN2O. The Kier molecular flexibility index (Phi) is 6.76. The van der Waals surface area contributed by atoms with Crippen LogP contribution in [0, 0.1) is 5.92 Å². The molecule has 1 saturated heterocycles. The minimum Gasteiger partial charge on any atom is -0.355 e. The van der Waals surface area contributed by atoms with Crippen molar-refractivity contribution in [2.45, 2.75) is 19.3 Å². The van der Waals surface area contributed by atoms with Crippen LogP contribution in [0.5, 0.6) is 0 Å². The Balaban J connectivity index is 0.00000162. The predicted octanol–water partition coefficient (Wildman–Crippen LogP) is 1.77. The van der Waals surface area contributed by atoms with Crippen molar-refractivity contribution in [3.8, 4) is 0 Å². The van der Waals surface area contributed by atoms with Gasteiger partial charge in [0.25, 0.3) is 0 Å². The minimum absolute atomic E-state index is 0. The molecule has 1 fully saturated rings. The summed E-state index contributed by atoms with van der Waals surface area (Å²) in [4.78, 5) is 11.7. The van der Waals surface area contributed by atoms with E-state index in [0.29, 0.717) is 12.3 Å². The fraction of sp³-hybridized carbons (Fsp3) is 0.500. The predicted molar refractivity (Wildman–Crippen MR) is 76.0 cm³/mol. The lowest BCUT2D eigenvalue weighted by Crippen LogP contribution is -2.38. The highest BCUT2D eigenvalue weighted by atomic mass is 35.5. The van der Waals surface area contributed by atoms with Crippen LogP contribution in [0.15, 0.2) is 30.3 Å². The second-order valence-corrected chi connectivity index (χ2v) is 4.68. The standard InChI is InChI=1S/C14H20N2O.ClH/c17-14(9-12-5-2-1-3-6-12)16-11-13-7-4-8-15-10-13;/h1-3,5-6,13,15H,4,7-11H2,(H,16,17);1H/t13-;/m1./s1. The molecule has 1 aromatic carbocycles. The maximum absolute atomic E-state index is 11.7. The molecule has 4 heteroatoms. The lowest BCUT2D eigenvalue weighted by Gasteiger charge is -2.22. The number of piperidine rings is 1. The second-order valence-electron chi connectivity index (χ2n) is 4.68. The maximum atomic E-state index is 11.7. The molecule has 0 aliphatic carbocycles. The van der Waals surface area contributed by atoms with Crippen LogP contribution in [0.4, 0.5) is 0 Å². The Morgan fingerprint density at radius 2 is 2.11 bits per heavy atom. The molecule has 0 saturated carbocycles. The van der Waals surface area contributed by atoms with Crippen LogP contribution in [-0.4, -0.2) is 25.5 Å². The van der Waals surface area contributed by atoms with E-state index in [2.05, 4.69) is 10.6 Å². The van der Waals surface area contributed by atoms with Gasteiger partial charge in [-0.2, -0.15) is 0 Å². The monoisotopic (exact) mass is 268 g/mol.